The maximum Gasteiger partial charge on any atom is 0.305 e. The van der Waals surface area contributed by atoms with Crippen LogP contribution in [0.3, 0.4) is 0 Å². The minimum absolute atomic E-state index is 0.241. The van der Waals surface area contributed by atoms with Crippen LogP contribution in [-0.4, -0.2) is 20.2 Å². The Balaban J connectivity index is 2.02. The highest BCUT2D eigenvalue weighted by Gasteiger charge is 2.14. The first-order valence-electron chi connectivity index (χ1n) is 7.64. The molecule has 3 aromatic rings. The molecule has 0 fully saturated rings. The monoisotopic (exact) mass is 346 g/mol. The van der Waals surface area contributed by atoms with E-state index >= 15 is 0 Å². The average molecular weight is 346 g/mol. The molecule has 0 spiro atoms. The first-order chi connectivity index (χ1) is 12.0. The van der Waals surface area contributed by atoms with E-state index in [2.05, 4.69) is 4.74 Å². The van der Waals surface area contributed by atoms with E-state index in [0.29, 0.717) is 29.1 Å². The van der Waals surface area contributed by atoms with E-state index in [1.807, 2.05) is 6.07 Å². The van der Waals surface area contributed by atoms with E-state index in [1.165, 1.54) is 26.4 Å². The minimum atomic E-state index is -0.679. The fourth-order valence-electron chi connectivity index (χ4n) is 2.66. The summed E-state index contributed by atoms with van der Waals surface area (Å²) >= 11 is 0. The van der Waals surface area contributed by atoms with Crippen LogP contribution in [0.5, 0.6) is 5.75 Å². The van der Waals surface area contributed by atoms with E-state index < -0.39 is 11.6 Å². The van der Waals surface area contributed by atoms with Gasteiger partial charge in [-0.1, -0.05) is 0 Å². The predicted molar refractivity (Wildman–Crippen MR) is 88.5 cm³/mol. The molecule has 2 aromatic carbocycles. The van der Waals surface area contributed by atoms with Crippen LogP contribution in [0, 0.1) is 11.6 Å². The largest absolute Gasteiger partial charge is 0.493 e. The van der Waals surface area contributed by atoms with Gasteiger partial charge >= 0.3 is 5.97 Å². The second-order valence-electron chi connectivity index (χ2n) is 5.56. The summed E-state index contributed by atoms with van der Waals surface area (Å²) in [5.41, 5.74) is 1.64. The van der Waals surface area contributed by atoms with Gasteiger partial charge in [0.25, 0.3) is 0 Å². The van der Waals surface area contributed by atoms with Gasteiger partial charge in [0.15, 0.2) is 11.3 Å². The van der Waals surface area contributed by atoms with Gasteiger partial charge in [-0.25, -0.2) is 8.78 Å². The summed E-state index contributed by atoms with van der Waals surface area (Å²) < 4.78 is 42.6. The number of methoxy groups -OCH3 is 2. The Morgan fingerprint density at radius 2 is 1.76 bits per heavy atom. The lowest BCUT2D eigenvalue weighted by molar-refractivity contribution is -0.140. The third kappa shape index (κ3) is 3.63. The maximum atomic E-state index is 13.4. The summed E-state index contributed by atoms with van der Waals surface area (Å²) in [4.78, 5) is 11.3. The molecule has 0 bridgehead atoms. The highest BCUT2D eigenvalue weighted by Crippen LogP contribution is 2.35. The third-order valence-electron chi connectivity index (χ3n) is 3.85. The van der Waals surface area contributed by atoms with E-state index in [-0.39, 0.29) is 12.4 Å². The summed E-state index contributed by atoms with van der Waals surface area (Å²) in [6, 6.07) is 8.51. The van der Waals surface area contributed by atoms with Crippen molar-refractivity contribution in [1.82, 2.24) is 0 Å². The quantitative estimate of drug-likeness (QED) is 0.639. The highest BCUT2D eigenvalue weighted by molar-refractivity contribution is 5.88. The van der Waals surface area contributed by atoms with Gasteiger partial charge in [-0.05, 0) is 42.3 Å². The zero-order valence-corrected chi connectivity index (χ0v) is 13.8. The third-order valence-corrected chi connectivity index (χ3v) is 3.85. The van der Waals surface area contributed by atoms with Gasteiger partial charge in [0.1, 0.15) is 17.4 Å². The van der Waals surface area contributed by atoms with Crippen LogP contribution in [-0.2, 0) is 16.0 Å². The molecule has 0 saturated heterocycles. The molecule has 1 heterocycles. The Morgan fingerprint density at radius 3 is 2.40 bits per heavy atom. The zero-order chi connectivity index (χ0) is 18.0. The molecule has 0 radical (unpaired) electrons. The fraction of sp³-hybridized carbons (Fsp3) is 0.211. The lowest BCUT2D eigenvalue weighted by Crippen LogP contribution is -2.02. The molecule has 6 heteroatoms. The van der Waals surface area contributed by atoms with Crippen molar-refractivity contribution in [1.29, 1.82) is 0 Å². The number of benzene rings is 2. The Morgan fingerprint density at radius 1 is 1.04 bits per heavy atom. The summed E-state index contributed by atoms with van der Waals surface area (Å²) in [7, 11) is 2.84. The van der Waals surface area contributed by atoms with Crippen molar-refractivity contribution in [3.8, 4) is 17.1 Å². The fourth-order valence-corrected chi connectivity index (χ4v) is 2.66. The van der Waals surface area contributed by atoms with Crippen LogP contribution >= 0.6 is 0 Å². The second-order valence-corrected chi connectivity index (χ2v) is 5.56. The minimum Gasteiger partial charge on any atom is -0.493 e. The van der Waals surface area contributed by atoms with Crippen molar-refractivity contribution in [3.63, 3.8) is 0 Å². The van der Waals surface area contributed by atoms with Gasteiger partial charge < -0.3 is 13.9 Å². The molecular formula is C19H16F2O4. The van der Waals surface area contributed by atoms with Gasteiger partial charge in [0.2, 0.25) is 0 Å². The average Bonchev–Trinajstić information content (AvgIpc) is 3.02. The van der Waals surface area contributed by atoms with Gasteiger partial charge in [-0.3, -0.25) is 4.79 Å². The highest BCUT2D eigenvalue weighted by atomic mass is 19.1. The van der Waals surface area contributed by atoms with Gasteiger partial charge in [-0.2, -0.15) is 0 Å². The van der Waals surface area contributed by atoms with Crippen molar-refractivity contribution in [2.24, 2.45) is 0 Å². The Labute approximate surface area is 143 Å². The van der Waals surface area contributed by atoms with Crippen molar-refractivity contribution in [3.05, 3.63) is 53.6 Å². The van der Waals surface area contributed by atoms with Crippen LogP contribution in [0.15, 0.2) is 40.8 Å². The molecule has 0 aliphatic rings. The number of fused-ring (bicyclic) bond motifs is 1. The molecule has 0 aliphatic heterocycles. The van der Waals surface area contributed by atoms with Crippen LogP contribution < -0.4 is 4.74 Å². The smallest absolute Gasteiger partial charge is 0.305 e. The number of hydrogen-bond acceptors (Lipinski definition) is 4. The molecule has 0 unspecified atom stereocenters. The van der Waals surface area contributed by atoms with E-state index in [9.17, 15) is 13.6 Å². The van der Waals surface area contributed by atoms with E-state index in [1.54, 1.807) is 12.1 Å². The summed E-state index contributed by atoms with van der Waals surface area (Å²) in [5.74, 6) is -0.845. The Bertz CT molecular complexity index is 910. The molecule has 1 aromatic heterocycles. The van der Waals surface area contributed by atoms with E-state index in [0.717, 1.165) is 17.0 Å². The Hall–Kier alpha value is -2.89. The van der Waals surface area contributed by atoms with Gasteiger partial charge in [0, 0.05) is 23.4 Å². The predicted octanol–water partition coefficient (Wildman–Crippen LogP) is 4.49. The van der Waals surface area contributed by atoms with Crippen LogP contribution in [0.2, 0.25) is 0 Å². The van der Waals surface area contributed by atoms with Crippen LogP contribution in [0.1, 0.15) is 12.0 Å². The molecule has 130 valence electrons. The van der Waals surface area contributed by atoms with Crippen LogP contribution in [0.25, 0.3) is 22.3 Å². The van der Waals surface area contributed by atoms with Gasteiger partial charge in [-0.15, -0.1) is 0 Å². The SMILES string of the molecule is COC(=O)CCc1cc(OC)c2oc(-c3cc(F)cc(F)c3)cc2c1. The first-order valence-corrected chi connectivity index (χ1v) is 7.64. The number of halogens is 2. The van der Waals surface area contributed by atoms with Gasteiger partial charge in [0.05, 0.1) is 14.2 Å². The molecule has 4 nitrogen and oxygen atoms in total. The second kappa shape index (κ2) is 6.93. The van der Waals surface area contributed by atoms with Crippen molar-refractivity contribution >= 4 is 16.9 Å². The molecule has 0 atom stereocenters. The number of carbonyl (C=O) groups is 1. The molecule has 3 rings (SSSR count). The normalized spacial score (nSPS) is 10.9. The maximum absolute atomic E-state index is 13.4. The Kier molecular flexibility index (Phi) is 4.70. The van der Waals surface area contributed by atoms with Crippen molar-refractivity contribution < 1.29 is 27.5 Å². The summed E-state index contributed by atoms with van der Waals surface area (Å²) in [6.45, 7) is 0. The van der Waals surface area contributed by atoms with Crippen molar-refractivity contribution in [2.45, 2.75) is 12.8 Å². The summed E-state index contributed by atoms with van der Waals surface area (Å²) in [5, 5.41) is 0.721. The topological polar surface area (TPSA) is 48.7 Å². The number of ether oxygens (including phenoxy) is 2. The standard InChI is InChI=1S/C19H16F2O4/c1-23-17-6-11(3-4-18(22)24-2)5-13-9-16(25-19(13)17)12-7-14(20)10-15(21)8-12/h5-10H,3-4H2,1-2H3. The number of furan rings is 1. The number of hydrogen-bond donors (Lipinski definition) is 0. The molecule has 0 N–H and O–H groups in total. The van der Waals surface area contributed by atoms with E-state index in [4.69, 9.17) is 9.15 Å². The number of rotatable bonds is 5. The number of esters is 1. The van der Waals surface area contributed by atoms with Crippen molar-refractivity contribution in [2.75, 3.05) is 14.2 Å². The molecule has 25 heavy (non-hydrogen) atoms. The number of carbonyl (C=O) groups excluding carboxylic acids is 1. The molecule has 0 aliphatic carbocycles. The number of aryl methyl sites for hydroxylation is 1. The molecular weight excluding hydrogens is 330 g/mol. The summed E-state index contributed by atoms with van der Waals surface area (Å²) in [6.07, 6.45) is 0.721. The zero-order valence-electron chi connectivity index (χ0n) is 13.8. The van der Waals surface area contributed by atoms with Crippen LogP contribution in [0.4, 0.5) is 8.78 Å². The molecule has 0 amide bonds. The first kappa shape index (κ1) is 17.0. The lowest BCUT2D eigenvalue weighted by Gasteiger charge is -2.05. The lowest BCUT2D eigenvalue weighted by atomic mass is 10.1. The molecule has 0 saturated carbocycles.